The second-order valence-corrected chi connectivity index (χ2v) is 7.14. The number of thiophene rings is 1. The third-order valence-corrected chi connectivity index (χ3v) is 5.40. The first-order chi connectivity index (χ1) is 10.3. The molecule has 0 radical (unpaired) electrons. The molecular weight excluding hydrogens is 282 g/mol. The largest absolute Gasteiger partial charge is 0.352 e. The molecule has 2 fully saturated rings. The number of piperidine rings is 1. The van der Waals surface area contributed by atoms with E-state index in [0.29, 0.717) is 12.5 Å². The Morgan fingerprint density at radius 1 is 1.48 bits per heavy atom. The second kappa shape index (κ2) is 5.39. The number of aromatic nitrogens is 1. The van der Waals surface area contributed by atoms with E-state index in [4.69, 9.17) is 0 Å². The first-order valence-corrected chi connectivity index (χ1v) is 8.48. The minimum atomic E-state index is 0.124. The van der Waals surface area contributed by atoms with Gasteiger partial charge in [-0.3, -0.25) is 4.79 Å². The van der Waals surface area contributed by atoms with Crippen molar-refractivity contribution >= 4 is 27.5 Å². The Morgan fingerprint density at radius 3 is 3.33 bits per heavy atom. The van der Waals surface area contributed by atoms with Crippen LogP contribution >= 0.6 is 11.3 Å². The maximum Gasteiger partial charge on any atom is 0.224 e. The minimum absolute atomic E-state index is 0.124. The Bertz CT molecular complexity index is 656. The van der Waals surface area contributed by atoms with Gasteiger partial charge < -0.3 is 10.2 Å². The normalized spacial score (nSPS) is 27.9. The van der Waals surface area contributed by atoms with E-state index in [2.05, 4.69) is 27.3 Å². The van der Waals surface area contributed by atoms with Crippen molar-refractivity contribution in [2.45, 2.75) is 25.3 Å². The molecule has 4 nitrogen and oxygen atoms in total. The van der Waals surface area contributed by atoms with E-state index >= 15 is 0 Å². The molecule has 0 aromatic carbocycles. The number of pyridine rings is 1. The van der Waals surface area contributed by atoms with Gasteiger partial charge in [-0.15, -0.1) is 11.3 Å². The Labute approximate surface area is 128 Å². The number of hydrogen-bond acceptors (Lipinski definition) is 4. The summed E-state index contributed by atoms with van der Waals surface area (Å²) in [6.07, 6.45) is 4.70. The van der Waals surface area contributed by atoms with Crippen LogP contribution in [0.3, 0.4) is 0 Å². The molecule has 21 heavy (non-hydrogen) atoms. The van der Waals surface area contributed by atoms with Gasteiger partial charge in [0.05, 0.1) is 6.42 Å². The first-order valence-electron chi connectivity index (χ1n) is 7.60. The highest BCUT2D eigenvalue weighted by atomic mass is 32.1. The maximum atomic E-state index is 12.2. The zero-order valence-corrected chi connectivity index (χ0v) is 12.7. The van der Waals surface area contributed by atoms with Crippen molar-refractivity contribution in [1.82, 2.24) is 15.2 Å². The fraction of sp³-hybridized carbons (Fsp3) is 0.500. The summed E-state index contributed by atoms with van der Waals surface area (Å²) in [6, 6.07) is 4.46. The molecule has 110 valence electrons. The first kappa shape index (κ1) is 13.2. The summed E-state index contributed by atoms with van der Waals surface area (Å²) in [6.45, 7) is 3.45. The molecule has 4 heterocycles. The van der Waals surface area contributed by atoms with Crippen LogP contribution in [0.25, 0.3) is 10.2 Å². The molecule has 5 heteroatoms. The van der Waals surface area contributed by atoms with Crippen LogP contribution in [0.2, 0.25) is 0 Å². The van der Waals surface area contributed by atoms with E-state index < -0.39 is 0 Å². The lowest BCUT2D eigenvalue weighted by Crippen LogP contribution is -2.47. The fourth-order valence-corrected chi connectivity index (χ4v) is 4.35. The lowest BCUT2D eigenvalue weighted by molar-refractivity contribution is -0.121. The van der Waals surface area contributed by atoms with Crippen LogP contribution < -0.4 is 5.32 Å². The van der Waals surface area contributed by atoms with E-state index in [0.717, 1.165) is 34.7 Å². The van der Waals surface area contributed by atoms with Crippen molar-refractivity contribution < 1.29 is 4.79 Å². The van der Waals surface area contributed by atoms with Gasteiger partial charge in [-0.25, -0.2) is 4.98 Å². The monoisotopic (exact) mass is 301 g/mol. The Morgan fingerprint density at radius 2 is 2.43 bits per heavy atom. The summed E-state index contributed by atoms with van der Waals surface area (Å²) in [4.78, 5) is 20.1. The highest BCUT2D eigenvalue weighted by Gasteiger charge is 2.32. The van der Waals surface area contributed by atoms with Crippen molar-refractivity contribution in [1.29, 1.82) is 0 Å². The zero-order chi connectivity index (χ0) is 14.2. The summed E-state index contributed by atoms with van der Waals surface area (Å²) in [7, 11) is 0. The van der Waals surface area contributed by atoms with Gasteiger partial charge in [0.25, 0.3) is 0 Å². The summed E-state index contributed by atoms with van der Waals surface area (Å²) in [5.41, 5.74) is 0.998. The van der Waals surface area contributed by atoms with Gasteiger partial charge in [0.1, 0.15) is 4.83 Å². The molecule has 1 N–H and O–H groups in total. The number of fused-ring (bicyclic) bond motifs is 3. The number of amides is 1. The third kappa shape index (κ3) is 2.80. The molecule has 2 aromatic heterocycles. The standard InChI is InChI=1S/C16H19N3OS/c20-15(18-14-6-11-1-3-19(9-11)10-14)7-12-5-13-2-4-21-16(13)17-8-12/h2,4-5,8,11,14H,1,3,6-7,9-10H2,(H,18,20)/t11-,14-/m1/s1. The van der Waals surface area contributed by atoms with Crippen LogP contribution in [-0.2, 0) is 11.2 Å². The minimum Gasteiger partial charge on any atom is -0.352 e. The molecule has 2 aromatic rings. The van der Waals surface area contributed by atoms with Crippen LogP contribution in [0, 0.1) is 5.92 Å². The number of rotatable bonds is 3. The van der Waals surface area contributed by atoms with Gasteiger partial charge in [0, 0.05) is 30.7 Å². The molecule has 1 amide bonds. The van der Waals surface area contributed by atoms with Gasteiger partial charge in [-0.2, -0.15) is 0 Å². The molecule has 0 spiro atoms. The molecule has 2 aliphatic rings. The van der Waals surface area contributed by atoms with Gasteiger partial charge in [0.2, 0.25) is 5.91 Å². The van der Waals surface area contributed by atoms with Crippen molar-refractivity contribution in [2.75, 3.05) is 19.6 Å². The van der Waals surface area contributed by atoms with Crippen molar-refractivity contribution in [3.05, 3.63) is 29.3 Å². The highest BCUT2D eigenvalue weighted by molar-refractivity contribution is 7.16. The zero-order valence-electron chi connectivity index (χ0n) is 11.9. The number of carbonyl (C=O) groups excluding carboxylic acids is 1. The van der Waals surface area contributed by atoms with Crippen molar-refractivity contribution in [3.8, 4) is 0 Å². The topological polar surface area (TPSA) is 45.2 Å². The van der Waals surface area contributed by atoms with Crippen molar-refractivity contribution in [3.63, 3.8) is 0 Å². The van der Waals surface area contributed by atoms with E-state index in [9.17, 15) is 4.79 Å². The Kier molecular flexibility index (Phi) is 3.39. The summed E-state index contributed by atoms with van der Waals surface area (Å²) in [5, 5.41) is 6.37. The molecule has 1 unspecified atom stereocenters. The molecule has 0 saturated carbocycles. The summed E-state index contributed by atoms with van der Waals surface area (Å²) in [5.74, 6) is 0.909. The number of carbonyl (C=O) groups is 1. The van der Waals surface area contributed by atoms with Crippen LogP contribution in [0.5, 0.6) is 0 Å². The van der Waals surface area contributed by atoms with Crippen LogP contribution in [0.15, 0.2) is 23.7 Å². The molecule has 3 atom stereocenters. The number of hydrogen-bond donors (Lipinski definition) is 1. The number of nitrogens with one attached hydrogen (secondary N) is 1. The quantitative estimate of drug-likeness (QED) is 0.944. The number of nitrogens with zero attached hydrogens (tertiary/aromatic N) is 2. The van der Waals surface area contributed by atoms with Gasteiger partial charge in [0.15, 0.2) is 0 Å². The van der Waals surface area contributed by atoms with E-state index in [-0.39, 0.29) is 5.91 Å². The second-order valence-electron chi connectivity index (χ2n) is 6.25. The smallest absolute Gasteiger partial charge is 0.224 e. The average molecular weight is 301 g/mol. The lowest BCUT2D eigenvalue weighted by Gasteiger charge is -2.30. The van der Waals surface area contributed by atoms with E-state index in [1.807, 2.05) is 11.6 Å². The molecule has 2 bridgehead atoms. The molecular formula is C16H19N3OS. The van der Waals surface area contributed by atoms with Gasteiger partial charge in [-0.1, -0.05) is 0 Å². The van der Waals surface area contributed by atoms with E-state index in [1.165, 1.54) is 19.5 Å². The third-order valence-electron chi connectivity index (χ3n) is 4.56. The van der Waals surface area contributed by atoms with Crippen LogP contribution in [0.4, 0.5) is 0 Å². The predicted molar refractivity (Wildman–Crippen MR) is 84.4 cm³/mol. The average Bonchev–Trinajstić information content (AvgIpc) is 3.04. The molecule has 2 saturated heterocycles. The summed E-state index contributed by atoms with van der Waals surface area (Å²) < 4.78 is 0. The molecule has 0 aliphatic carbocycles. The Balaban J connectivity index is 1.39. The fourth-order valence-electron chi connectivity index (χ4n) is 3.63. The molecule has 4 rings (SSSR count). The van der Waals surface area contributed by atoms with Crippen LogP contribution in [0.1, 0.15) is 18.4 Å². The Hall–Kier alpha value is -1.46. The lowest BCUT2D eigenvalue weighted by atomic mass is 9.96. The molecule has 2 aliphatic heterocycles. The summed E-state index contributed by atoms with van der Waals surface area (Å²) >= 11 is 1.63. The van der Waals surface area contributed by atoms with Crippen LogP contribution in [-0.4, -0.2) is 41.5 Å². The maximum absolute atomic E-state index is 12.2. The van der Waals surface area contributed by atoms with Gasteiger partial charge in [-0.05, 0) is 48.4 Å². The SMILES string of the molecule is O=C(Cc1cnc2sccc2c1)N[C@@H]1C[C@H]2CCN(C2)C1. The predicted octanol–water partition coefficient (Wildman–Crippen LogP) is 2.05. The van der Waals surface area contributed by atoms with Crippen molar-refractivity contribution in [2.24, 2.45) is 5.92 Å². The van der Waals surface area contributed by atoms with Gasteiger partial charge >= 0.3 is 0 Å². The van der Waals surface area contributed by atoms with E-state index in [1.54, 1.807) is 11.3 Å². The highest BCUT2D eigenvalue weighted by Crippen LogP contribution is 2.26.